The summed E-state index contributed by atoms with van der Waals surface area (Å²) in [7, 11) is 0. The van der Waals surface area contributed by atoms with Crippen molar-refractivity contribution in [3.8, 4) is 0 Å². The summed E-state index contributed by atoms with van der Waals surface area (Å²) in [4.78, 5) is 6.58. The van der Waals surface area contributed by atoms with Crippen molar-refractivity contribution in [1.29, 1.82) is 0 Å². The van der Waals surface area contributed by atoms with Gasteiger partial charge in [0.15, 0.2) is 0 Å². The molecule has 0 bridgehead atoms. The van der Waals surface area contributed by atoms with Crippen LogP contribution in [0.5, 0.6) is 0 Å². The molecule has 0 amide bonds. The van der Waals surface area contributed by atoms with E-state index in [9.17, 15) is 0 Å². The normalized spacial score (nSPS) is 23.4. The first kappa shape index (κ1) is 13.6. The first-order valence-corrected chi connectivity index (χ1v) is 8.56. The molecule has 2 nitrogen and oxygen atoms in total. The Morgan fingerprint density at radius 2 is 2.05 bits per heavy atom. The maximum atomic E-state index is 4.99. The van der Waals surface area contributed by atoms with Crippen molar-refractivity contribution in [2.45, 2.75) is 70.8 Å². The van der Waals surface area contributed by atoms with Crippen LogP contribution in [0.2, 0.25) is 0 Å². The van der Waals surface area contributed by atoms with Crippen molar-refractivity contribution >= 4 is 11.3 Å². The van der Waals surface area contributed by atoms with Crippen LogP contribution in [0.15, 0.2) is 0 Å². The average Bonchev–Trinajstić information content (AvgIpc) is 3.03. The van der Waals surface area contributed by atoms with Crippen LogP contribution in [0, 0.1) is 5.92 Å². The number of thiazole rings is 1. The summed E-state index contributed by atoms with van der Waals surface area (Å²) in [6, 6.07) is 0. The van der Waals surface area contributed by atoms with E-state index in [0.717, 1.165) is 12.5 Å². The summed E-state index contributed by atoms with van der Waals surface area (Å²) in [6.45, 7) is 7.83. The van der Waals surface area contributed by atoms with Gasteiger partial charge in [0.25, 0.3) is 0 Å². The topological polar surface area (TPSA) is 24.9 Å². The molecule has 0 radical (unpaired) electrons. The zero-order valence-electron chi connectivity index (χ0n) is 12.5. The SMILES string of the molecule is CC(C)(C)NCC1CCCc2sc(CC3CC3)nc21. The van der Waals surface area contributed by atoms with Gasteiger partial charge in [0.2, 0.25) is 0 Å². The first-order chi connectivity index (χ1) is 9.01. The zero-order valence-corrected chi connectivity index (χ0v) is 13.3. The number of aromatic nitrogens is 1. The zero-order chi connectivity index (χ0) is 13.5. The Kier molecular flexibility index (Phi) is 3.69. The monoisotopic (exact) mass is 278 g/mol. The van der Waals surface area contributed by atoms with Crippen LogP contribution in [0.4, 0.5) is 0 Å². The minimum absolute atomic E-state index is 0.213. The number of nitrogens with zero attached hydrogens (tertiary/aromatic N) is 1. The summed E-state index contributed by atoms with van der Waals surface area (Å²) >= 11 is 2.00. The fourth-order valence-corrected chi connectivity index (χ4v) is 4.15. The van der Waals surface area contributed by atoms with Crippen molar-refractivity contribution in [2.24, 2.45) is 5.92 Å². The van der Waals surface area contributed by atoms with Gasteiger partial charge in [-0.3, -0.25) is 0 Å². The fourth-order valence-electron chi connectivity index (χ4n) is 2.84. The minimum Gasteiger partial charge on any atom is -0.311 e. The lowest BCUT2D eigenvalue weighted by Crippen LogP contribution is -2.39. The highest BCUT2D eigenvalue weighted by Gasteiger charge is 2.28. The Bertz CT molecular complexity index is 440. The standard InChI is InChI=1S/C16H26N2S/c1-16(2,3)17-10-12-5-4-6-13-15(12)18-14(19-13)9-11-7-8-11/h11-12,17H,4-10H2,1-3H3. The largest absolute Gasteiger partial charge is 0.311 e. The van der Waals surface area contributed by atoms with Crippen molar-refractivity contribution in [3.63, 3.8) is 0 Å². The molecule has 0 spiro atoms. The second-order valence-corrected chi connectivity index (χ2v) is 8.45. The molecule has 1 unspecified atom stereocenters. The minimum atomic E-state index is 0.213. The lowest BCUT2D eigenvalue weighted by molar-refractivity contribution is 0.388. The van der Waals surface area contributed by atoms with Crippen LogP contribution >= 0.6 is 11.3 Å². The van der Waals surface area contributed by atoms with Crippen molar-refractivity contribution < 1.29 is 0 Å². The Morgan fingerprint density at radius 3 is 2.74 bits per heavy atom. The molecule has 1 atom stereocenters. The quantitative estimate of drug-likeness (QED) is 0.903. The van der Waals surface area contributed by atoms with E-state index in [1.165, 1.54) is 49.2 Å². The molecule has 3 heteroatoms. The molecule has 2 aliphatic rings. The summed E-state index contributed by atoms with van der Waals surface area (Å²) in [5.41, 5.74) is 1.65. The number of nitrogens with one attached hydrogen (secondary N) is 1. The van der Waals surface area contributed by atoms with E-state index in [1.54, 1.807) is 4.88 Å². The lowest BCUT2D eigenvalue weighted by Gasteiger charge is -2.27. The van der Waals surface area contributed by atoms with E-state index in [-0.39, 0.29) is 5.54 Å². The van der Waals surface area contributed by atoms with Crippen LogP contribution in [0.1, 0.15) is 68.0 Å². The molecule has 19 heavy (non-hydrogen) atoms. The number of hydrogen-bond acceptors (Lipinski definition) is 3. The van der Waals surface area contributed by atoms with Crippen molar-refractivity contribution in [2.75, 3.05) is 6.54 Å². The van der Waals surface area contributed by atoms with E-state index in [4.69, 9.17) is 4.98 Å². The van der Waals surface area contributed by atoms with Gasteiger partial charge >= 0.3 is 0 Å². The predicted octanol–water partition coefficient (Wildman–Crippen LogP) is 3.90. The van der Waals surface area contributed by atoms with Gasteiger partial charge in [0.05, 0.1) is 10.7 Å². The highest BCUT2D eigenvalue weighted by molar-refractivity contribution is 7.11. The van der Waals surface area contributed by atoms with Crippen LogP contribution in [0.25, 0.3) is 0 Å². The van der Waals surface area contributed by atoms with E-state index in [1.807, 2.05) is 11.3 Å². The number of hydrogen-bond donors (Lipinski definition) is 1. The Morgan fingerprint density at radius 1 is 1.26 bits per heavy atom. The van der Waals surface area contributed by atoms with Crippen LogP contribution in [-0.4, -0.2) is 17.1 Å². The molecule has 1 aromatic heterocycles. The third-order valence-electron chi connectivity index (χ3n) is 4.15. The highest BCUT2D eigenvalue weighted by atomic mass is 32.1. The van der Waals surface area contributed by atoms with Gasteiger partial charge in [-0.25, -0.2) is 4.98 Å². The van der Waals surface area contributed by atoms with Crippen LogP contribution < -0.4 is 5.32 Å². The van der Waals surface area contributed by atoms with E-state index in [0.29, 0.717) is 5.92 Å². The molecular formula is C16H26N2S. The van der Waals surface area contributed by atoms with Gasteiger partial charge in [0.1, 0.15) is 0 Å². The Balaban J connectivity index is 1.69. The van der Waals surface area contributed by atoms with E-state index < -0.39 is 0 Å². The lowest BCUT2D eigenvalue weighted by atomic mass is 9.90. The summed E-state index contributed by atoms with van der Waals surface area (Å²) in [5.74, 6) is 1.60. The Labute approximate surface area is 121 Å². The van der Waals surface area contributed by atoms with Crippen molar-refractivity contribution in [3.05, 3.63) is 15.6 Å². The third kappa shape index (κ3) is 3.57. The molecule has 2 aliphatic carbocycles. The second-order valence-electron chi connectivity index (χ2n) is 7.28. The molecule has 3 rings (SSSR count). The van der Waals surface area contributed by atoms with E-state index >= 15 is 0 Å². The smallest absolute Gasteiger partial charge is 0.0934 e. The molecule has 1 heterocycles. The maximum Gasteiger partial charge on any atom is 0.0934 e. The maximum absolute atomic E-state index is 4.99. The van der Waals surface area contributed by atoms with Gasteiger partial charge in [-0.1, -0.05) is 0 Å². The molecule has 0 saturated heterocycles. The van der Waals surface area contributed by atoms with Gasteiger partial charge in [-0.15, -0.1) is 11.3 Å². The molecular weight excluding hydrogens is 252 g/mol. The van der Waals surface area contributed by atoms with Gasteiger partial charge in [0, 0.05) is 29.3 Å². The summed E-state index contributed by atoms with van der Waals surface area (Å²) in [5, 5.41) is 5.07. The Hall–Kier alpha value is -0.410. The van der Waals surface area contributed by atoms with Gasteiger partial charge in [-0.05, 0) is 58.8 Å². The molecule has 0 aliphatic heterocycles. The third-order valence-corrected chi connectivity index (χ3v) is 5.31. The molecule has 1 N–H and O–H groups in total. The molecule has 106 valence electrons. The molecule has 0 aromatic carbocycles. The molecule has 1 fully saturated rings. The summed E-state index contributed by atoms with van der Waals surface area (Å²) in [6.07, 6.45) is 8.02. The number of fused-ring (bicyclic) bond motifs is 1. The van der Waals surface area contributed by atoms with Crippen LogP contribution in [0.3, 0.4) is 0 Å². The second kappa shape index (κ2) is 5.17. The fraction of sp³-hybridized carbons (Fsp3) is 0.812. The average molecular weight is 278 g/mol. The van der Waals surface area contributed by atoms with Gasteiger partial charge < -0.3 is 5.32 Å². The van der Waals surface area contributed by atoms with Crippen molar-refractivity contribution in [1.82, 2.24) is 10.3 Å². The highest BCUT2D eigenvalue weighted by Crippen LogP contribution is 2.38. The predicted molar refractivity (Wildman–Crippen MR) is 82.0 cm³/mol. The first-order valence-electron chi connectivity index (χ1n) is 7.75. The number of aryl methyl sites for hydroxylation is 1. The van der Waals surface area contributed by atoms with Gasteiger partial charge in [-0.2, -0.15) is 0 Å². The number of rotatable bonds is 4. The van der Waals surface area contributed by atoms with Crippen LogP contribution in [-0.2, 0) is 12.8 Å². The summed E-state index contributed by atoms with van der Waals surface area (Å²) < 4.78 is 0. The molecule has 1 saturated carbocycles. The molecule has 1 aromatic rings. The van der Waals surface area contributed by atoms with E-state index in [2.05, 4.69) is 26.1 Å².